The number of aromatic nitrogens is 2. The van der Waals surface area contributed by atoms with E-state index >= 15 is 0 Å². The van der Waals surface area contributed by atoms with Crippen LogP contribution >= 0.6 is 31.9 Å². The molecule has 0 saturated heterocycles. The van der Waals surface area contributed by atoms with Crippen LogP contribution in [0, 0.1) is 5.41 Å². The molecule has 35 heavy (non-hydrogen) atoms. The lowest BCUT2D eigenvalue weighted by Crippen LogP contribution is -2.25. The third-order valence-electron chi connectivity index (χ3n) is 6.06. The van der Waals surface area contributed by atoms with Crippen LogP contribution in [0.3, 0.4) is 0 Å². The van der Waals surface area contributed by atoms with Crippen molar-refractivity contribution in [2.45, 2.75) is 58.8 Å². The average molecular weight is 605 g/mol. The van der Waals surface area contributed by atoms with Gasteiger partial charge in [-0.05, 0) is 64.5 Å². The van der Waals surface area contributed by atoms with Gasteiger partial charge in [0.05, 0.1) is 30.8 Å². The van der Waals surface area contributed by atoms with Crippen molar-refractivity contribution in [1.82, 2.24) is 9.66 Å². The lowest BCUT2D eigenvalue weighted by Gasteiger charge is -2.23. The molecule has 0 atom stereocenters. The zero-order valence-corrected chi connectivity index (χ0v) is 23.8. The highest BCUT2D eigenvalue weighted by atomic mass is 79.9. The van der Waals surface area contributed by atoms with Crippen LogP contribution in [-0.2, 0) is 0 Å². The lowest BCUT2D eigenvalue weighted by molar-refractivity contribution is 0.191. The van der Waals surface area contributed by atoms with Crippen molar-refractivity contribution in [3.05, 3.63) is 61.0 Å². The zero-order valence-electron chi connectivity index (χ0n) is 20.6. The van der Waals surface area contributed by atoms with Gasteiger partial charge in [-0.3, -0.25) is 4.79 Å². The van der Waals surface area contributed by atoms with Gasteiger partial charge in [-0.25, -0.2) is 4.98 Å². The Morgan fingerprint density at radius 1 is 1.11 bits per heavy atom. The van der Waals surface area contributed by atoms with Crippen molar-refractivity contribution in [2.24, 2.45) is 10.5 Å². The number of rotatable bonds is 6. The van der Waals surface area contributed by atoms with E-state index in [4.69, 9.17) is 14.5 Å². The molecule has 1 aliphatic carbocycles. The quantitative estimate of drug-likeness (QED) is 0.277. The molecule has 8 heteroatoms. The SMILES string of the molecule is COc1cc(C=Nn2c(C3CCCCC3)nc3ccc(Br)cc3c2=O)c(Br)cc1OCC(C)(C)C. The van der Waals surface area contributed by atoms with E-state index < -0.39 is 0 Å². The predicted molar refractivity (Wildman–Crippen MR) is 148 cm³/mol. The third-order valence-corrected chi connectivity index (χ3v) is 7.24. The fraction of sp³-hybridized carbons (Fsp3) is 0.444. The molecule has 1 saturated carbocycles. The maximum atomic E-state index is 13.5. The topological polar surface area (TPSA) is 65.7 Å². The van der Waals surface area contributed by atoms with Crippen LogP contribution in [0.1, 0.15) is 70.2 Å². The molecule has 0 radical (unpaired) electrons. The molecule has 1 aliphatic rings. The summed E-state index contributed by atoms with van der Waals surface area (Å²) >= 11 is 7.10. The summed E-state index contributed by atoms with van der Waals surface area (Å²) in [5, 5.41) is 5.20. The van der Waals surface area contributed by atoms with E-state index in [2.05, 4.69) is 57.7 Å². The molecule has 6 nitrogen and oxygen atoms in total. The number of fused-ring (bicyclic) bond motifs is 1. The van der Waals surface area contributed by atoms with Gasteiger partial charge >= 0.3 is 0 Å². The van der Waals surface area contributed by atoms with Crippen LogP contribution in [0.2, 0.25) is 0 Å². The van der Waals surface area contributed by atoms with Gasteiger partial charge in [0, 0.05) is 20.4 Å². The maximum Gasteiger partial charge on any atom is 0.282 e. The summed E-state index contributed by atoms with van der Waals surface area (Å²) in [7, 11) is 1.62. The van der Waals surface area contributed by atoms with Crippen LogP contribution in [0.25, 0.3) is 10.9 Å². The summed E-state index contributed by atoms with van der Waals surface area (Å²) in [6.07, 6.45) is 7.21. The van der Waals surface area contributed by atoms with E-state index in [1.165, 1.54) is 11.1 Å². The molecule has 0 aliphatic heterocycles. The molecule has 1 aromatic heterocycles. The molecule has 0 N–H and O–H groups in total. The Labute approximate surface area is 223 Å². The summed E-state index contributed by atoms with van der Waals surface area (Å²) in [6, 6.07) is 9.36. The molecule has 0 bridgehead atoms. The minimum Gasteiger partial charge on any atom is -0.493 e. The van der Waals surface area contributed by atoms with Crippen LogP contribution in [0.4, 0.5) is 0 Å². The second kappa shape index (κ2) is 10.8. The monoisotopic (exact) mass is 603 g/mol. The summed E-state index contributed by atoms with van der Waals surface area (Å²) in [6.45, 7) is 6.91. The second-order valence-corrected chi connectivity index (χ2v) is 12.0. The Kier molecular flexibility index (Phi) is 8.01. The Hall–Kier alpha value is -2.19. The van der Waals surface area contributed by atoms with Crippen LogP contribution < -0.4 is 15.0 Å². The minimum atomic E-state index is -0.165. The average Bonchev–Trinajstić information content (AvgIpc) is 2.83. The van der Waals surface area contributed by atoms with Crippen LogP contribution in [0.15, 0.2) is 49.2 Å². The van der Waals surface area contributed by atoms with Crippen molar-refractivity contribution in [2.75, 3.05) is 13.7 Å². The number of nitrogens with zero attached hydrogens (tertiary/aromatic N) is 3. The number of benzene rings is 2. The Morgan fingerprint density at radius 2 is 1.86 bits per heavy atom. The molecule has 1 fully saturated rings. The van der Waals surface area contributed by atoms with Gasteiger partial charge in [-0.15, -0.1) is 0 Å². The van der Waals surface area contributed by atoms with E-state index in [1.807, 2.05) is 30.3 Å². The van der Waals surface area contributed by atoms with Gasteiger partial charge < -0.3 is 9.47 Å². The molecule has 1 heterocycles. The van der Waals surface area contributed by atoms with Gasteiger partial charge in [-0.1, -0.05) is 56.0 Å². The van der Waals surface area contributed by atoms with E-state index in [9.17, 15) is 4.79 Å². The van der Waals surface area contributed by atoms with E-state index in [0.717, 1.165) is 46.0 Å². The van der Waals surface area contributed by atoms with Crippen molar-refractivity contribution in [1.29, 1.82) is 0 Å². The first kappa shape index (κ1) is 25.9. The molecule has 3 aromatic rings. The summed E-state index contributed by atoms with van der Waals surface area (Å²) in [5.74, 6) is 2.21. The van der Waals surface area contributed by atoms with Crippen molar-refractivity contribution in [3.63, 3.8) is 0 Å². The molecule has 0 amide bonds. The van der Waals surface area contributed by atoms with Crippen molar-refractivity contribution >= 4 is 49.0 Å². The zero-order chi connectivity index (χ0) is 25.2. The number of hydrogen-bond donors (Lipinski definition) is 0. The highest BCUT2D eigenvalue weighted by Gasteiger charge is 2.23. The fourth-order valence-corrected chi connectivity index (χ4v) is 5.02. The molecule has 4 rings (SSSR count). The third kappa shape index (κ3) is 6.15. The Balaban J connectivity index is 1.76. The van der Waals surface area contributed by atoms with Crippen molar-refractivity contribution < 1.29 is 9.47 Å². The first-order chi connectivity index (χ1) is 16.7. The maximum absolute atomic E-state index is 13.5. The highest BCUT2D eigenvalue weighted by molar-refractivity contribution is 9.10. The molecule has 2 aromatic carbocycles. The minimum absolute atomic E-state index is 0.0202. The van der Waals surface area contributed by atoms with Gasteiger partial charge in [0.1, 0.15) is 5.82 Å². The Morgan fingerprint density at radius 3 is 2.54 bits per heavy atom. The first-order valence-corrected chi connectivity index (χ1v) is 13.5. The fourth-order valence-electron chi connectivity index (χ4n) is 4.24. The molecule has 186 valence electrons. The molecule has 0 spiro atoms. The lowest BCUT2D eigenvalue weighted by atomic mass is 9.88. The molecular formula is C27H31Br2N3O3. The molecular weight excluding hydrogens is 574 g/mol. The first-order valence-electron chi connectivity index (χ1n) is 11.9. The number of halogens is 2. The normalized spacial score (nSPS) is 15.1. The summed E-state index contributed by atoms with van der Waals surface area (Å²) in [5.41, 5.74) is 1.34. The molecule has 0 unspecified atom stereocenters. The Bertz CT molecular complexity index is 1310. The number of hydrogen-bond acceptors (Lipinski definition) is 5. The predicted octanol–water partition coefficient (Wildman–Crippen LogP) is 7.28. The van der Waals surface area contributed by atoms with Gasteiger partial charge in [-0.2, -0.15) is 9.78 Å². The van der Waals surface area contributed by atoms with Gasteiger partial charge in [0.2, 0.25) is 0 Å². The number of methoxy groups -OCH3 is 1. The standard InChI is InChI=1S/C27H31Br2N3O3/c1-27(2,3)16-35-24-14-21(29)18(12-23(24)34-4)15-30-32-25(17-8-6-5-7-9-17)31-22-11-10-19(28)13-20(22)26(32)33/h10-15,17H,5-9,16H2,1-4H3. The van der Waals surface area contributed by atoms with Crippen molar-refractivity contribution in [3.8, 4) is 11.5 Å². The smallest absolute Gasteiger partial charge is 0.282 e. The van der Waals surface area contributed by atoms with Crippen LogP contribution in [-0.4, -0.2) is 29.6 Å². The van der Waals surface area contributed by atoms with Crippen LogP contribution in [0.5, 0.6) is 11.5 Å². The van der Waals surface area contributed by atoms with E-state index in [-0.39, 0.29) is 16.9 Å². The second-order valence-electron chi connectivity index (χ2n) is 10.2. The summed E-state index contributed by atoms with van der Waals surface area (Å²) in [4.78, 5) is 18.4. The largest absolute Gasteiger partial charge is 0.493 e. The highest BCUT2D eigenvalue weighted by Crippen LogP contribution is 2.35. The van der Waals surface area contributed by atoms with Gasteiger partial charge in [0.25, 0.3) is 5.56 Å². The van der Waals surface area contributed by atoms with E-state index in [1.54, 1.807) is 13.3 Å². The number of ether oxygens (including phenoxy) is 2. The summed E-state index contributed by atoms with van der Waals surface area (Å²) < 4.78 is 14.7. The van der Waals surface area contributed by atoms with E-state index in [0.29, 0.717) is 29.0 Å². The van der Waals surface area contributed by atoms with Gasteiger partial charge in [0.15, 0.2) is 11.5 Å².